The minimum absolute atomic E-state index is 0.0743. The first kappa shape index (κ1) is 27.7. The molecule has 0 spiro atoms. The smallest absolute Gasteiger partial charge is 0.345 e. The highest BCUT2D eigenvalue weighted by atomic mass is 35.5. The summed E-state index contributed by atoms with van der Waals surface area (Å²) in [6.45, 7) is 5.32. The van der Waals surface area contributed by atoms with E-state index in [1.54, 1.807) is 30.0 Å². The summed E-state index contributed by atoms with van der Waals surface area (Å²) in [6.07, 6.45) is 3.99. The van der Waals surface area contributed by atoms with Crippen LogP contribution in [0.25, 0.3) is 0 Å². The molecule has 1 aromatic rings. The van der Waals surface area contributed by atoms with Crippen LogP contribution in [0.2, 0.25) is 10.0 Å². The van der Waals surface area contributed by atoms with E-state index in [1.807, 2.05) is 19.0 Å². The molecule has 0 N–H and O–H groups in total. The summed E-state index contributed by atoms with van der Waals surface area (Å²) < 4.78 is 5.40. The Balaban J connectivity index is 1.60. The van der Waals surface area contributed by atoms with Gasteiger partial charge in [0.25, 0.3) is 11.8 Å². The van der Waals surface area contributed by atoms with Gasteiger partial charge in [-0.25, -0.2) is 4.79 Å². The number of fused-ring (bicyclic) bond motifs is 1. The molecule has 0 bridgehead atoms. The minimum Gasteiger partial charge on any atom is -0.462 e. The minimum atomic E-state index is -0.546. The van der Waals surface area contributed by atoms with Crippen LogP contribution in [0.3, 0.4) is 0 Å². The Morgan fingerprint density at radius 3 is 2.41 bits per heavy atom. The summed E-state index contributed by atoms with van der Waals surface area (Å²) in [6, 6.07) is 4.97. The van der Waals surface area contributed by atoms with E-state index in [0.29, 0.717) is 48.3 Å². The summed E-state index contributed by atoms with van der Waals surface area (Å²) in [5.74, 6) is -0.795. The maximum absolute atomic E-state index is 13.8. The van der Waals surface area contributed by atoms with E-state index in [9.17, 15) is 14.4 Å². The molecule has 3 aliphatic rings. The second-order valence-electron chi connectivity index (χ2n) is 10.1. The number of carbonyl (C=O) groups is 3. The number of piperazine rings is 1. The van der Waals surface area contributed by atoms with E-state index >= 15 is 0 Å². The number of hydrogen-bond acceptors (Lipinski definition) is 6. The Hall–Kier alpha value is -2.29. The molecule has 2 unspecified atom stereocenters. The topological polar surface area (TPSA) is 73.4 Å². The molecule has 8 nitrogen and oxygen atoms in total. The van der Waals surface area contributed by atoms with Gasteiger partial charge in [-0.2, -0.15) is 0 Å². The van der Waals surface area contributed by atoms with Crippen molar-refractivity contribution in [3.05, 3.63) is 45.1 Å². The molecule has 0 radical (unpaired) electrons. The predicted molar refractivity (Wildman–Crippen MR) is 144 cm³/mol. The lowest BCUT2D eigenvalue weighted by Crippen LogP contribution is -2.58. The van der Waals surface area contributed by atoms with Crippen molar-refractivity contribution in [1.29, 1.82) is 0 Å². The Kier molecular flexibility index (Phi) is 9.03. The van der Waals surface area contributed by atoms with Crippen LogP contribution in [0.15, 0.2) is 29.5 Å². The summed E-state index contributed by atoms with van der Waals surface area (Å²) in [5, 5.41) is 0.753. The lowest BCUT2D eigenvalue weighted by molar-refractivity contribution is -0.145. The highest BCUT2D eigenvalue weighted by Gasteiger charge is 2.47. The van der Waals surface area contributed by atoms with Gasteiger partial charge in [0.2, 0.25) is 0 Å². The first-order valence-corrected chi connectivity index (χ1v) is 13.8. The second-order valence-corrected chi connectivity index (χ2v) is 11.0. The fourth-order valence-electron chi connectivity index (χ4n) is 5.72. The van der Waals surface area contributed by atoms with E-state index in [1.165, 1.54) is 0 Å². The molecular formula is C27H36Cl2N4O4. The molecule has 37 heavy (non-hydrogen) atoms. The highest BCUT2D eigenvalue weighted by molar-refractivity contribution is 6.42. The van der Waals surface area contributed by atoms with E-state index in [4.69, 9.17) is 27.9 Å². The van der Waals surface area contributed by atoms with Crippen LogP contribution in [0.5, 0.6) is 0 Å². The molecule has 0 aromatic heterocycles. The number of likely N-dealkylation sites (N-methyl/N-ethyl adjacent to an activating group) is 1. The molecule has 4 rings (SSSR count). The fourth-order valence-corrected chi connectivity index (χ4v) is 6.02. The van der Waals surface area contributed by atoms with Crippen molar-refractivity contribution in [3.8, 4) is 0 Å². The standard InChI is InChI=1S/C27H36Cl2N4O4/c1-4-37-27(36)23-24(19-7-5-6-8-22(19)33(26(23)35)16-11-30(2)3)31-12-14-32(15-13-31)25(34)18-9-10-20(28)21(29)17-18/h9-10,17,19,22H,4-8,11-16H2,1-3H3. The maximum Gasteiger partial charge on any atom is 0.345 e. The maximum atomic E-state index is 13.8. The van der Waals surface area contributed by atoms with Gasteiger partial charge in [-0.15, -0.1) is 0 Å². The Bertz CT molecular complexity index is 1070. The van der Waals surface area contributed by atoms with Gasteiger partial charge in [-0.05, 0) is 52.1 Å². The molecule has 2 atom stereocenters. The van der Waals surface area contributed by atoms with Crippen molar-refractivity contribution in [1.82, 2.24) is 19.6 Å². The number of ether oxygens (including phenoxy) is 1. The lowest BCUT2D eigenvalue weighted by atomic mass is 9.76. The SMILES string of the molecule is CCOC(=O)C1=C(N2CCN(C(=O)c3ccc(Cl)c(Cl)c3)CC2)C2CCCCC2N(CCN(C)C)C1=O. The zero-order valence-corrected chi connectivity index (χ0v) is 23.4. The number of rotatable bonds is 7. The quantitative estimate of drug-likeness (QED) is 0.382. The van der Waals surface area contributed by atoms with Gasteiger partial charge >= 0.3 is 5.97 Å². The van der Waals surface area contributed by atoms with Crippen LogP contribution in [-0.2, 0) is 14.3 Å². The Morgan fingerprint density at radius 2 is 1.76 bits per heavy atom. The van der Waals surface area contributed by atoms with Crippen LogP contribution >= 0.6 is 23.2 Å². The van der Waals surface area contributed by atoms with Crippen LogP contribution in [0.4, 0.5) is 0 Å². The van der Waals surface area contributed by atoms with Crippen molar-refractivity contribution in [2.24, 2.45) is 5.92 Å². The van der Waals surface area contributed by atoms with Gasteiger partial charge < -0.3 is 24.3 Å². The van der Waals surface area contributed by atoms with Crippen LogP contribution in [-0.4, -0.2) is 103 Å². The van der Waals surface area contributed by atoms with Crippen molar-refractivity contribution in [2.45, 2.75) is 38.6 Å². The third-order valence-corrected chi connectivity index (χ3v) is 8.29. The number of esters is 1. The molecule has 2 aliphatic heterocycles. The van der Waals surface area contributed by atoms with Crippen molar-refractivity contribution >= 4 is 41.0 Å². The molecular weight excluding hydrogens is 515 g/mol. The average Bonchev–Trinajstić information content (AvgIpc) is 2.88. The number of nitrogens with zero attached hydrogens (tertiary/aromatic N) is 4. The fraction of sp³-hybridized carbons (Fsp3) is 0.593. The van der Waals surface area contributed by atoms with E-state index in [-0.39, 0.29) is 36.0 Å². The van der Waals surface area contributed by atoms with Crippen LogP contribution < -0.4 is 0 Å². The number of hydrogen-bond donors (Lipinski definition) is 0. The molecule has 1 saturated heterocycles. The van der Waals surface area contributed by atoms with Crippen molar-refractivity contribution in [2.75, 3.05) is 60.0 Å². The molecule has 1 saturated carbocycles. The van der Waals surface area contributed by atoms with Gasteiger partial charge in [0, 0.05) is 62.5 Å². The first-order valence-electron chi connectivity index (χ1n) is 13.1. The van der Waals surface area contributed by atoms with Gasteiger partial charge in [-0.3, -0.25) is 9.59 Å². The predicted octanol–water partition coefficient (Wildman–Crippen LogP) is 3.53. The largest absolute Gasteiger partial charge is 0.462 e. The number of amides is 2. The lowest BCUT2D eigenvalue weighted by Gasteiger charge is -2.49. The van der Waals surface area contributed by atoms with Crippen LogP contribution in [0.1, 0.15) is 43.0 Å². The molecule has 202 valence electrons. The van der Waals surface area contributed by atoms with Gasteiger partial charge in [-0.1, -0.05) is 36.0 Å². The van der Waals surface area contributed by atoms with Gasteiger partial charge in [0.05, 0.1) is 16.7 Å². The number of halogens is 2. The summed E-state index contributed by atoms with van der Waals surface area (Å²) in [4.78, 5) is 48.0. The van der Waals surface area contributed by atoms with Crippen molar-refractivity contribution < 1.29 is 19.1 Å². The summed E-state index contributed by atoms with van der Waals surface area (Å²) >= 11 is 12.1. The van der Waals surface area contributed by atoms with Crippen molar-refractivity contribution in [3.63, 3.8) is 0 Å². The van der Waals surface area contributed by atoms with Gasteiger partial charge in [0.1, 0.15) is 5.57 Å². The van der Waals surface area contributed by atoms with E-state index < -0.39 is 5.97 Å². The van der Waals surface area contributed by atoms with Crippen LogP contribution in [0, 0.1) is 5.92 Å². The Labute approximate surface area is 229 Å². The second kappa shape index (κ2) is 12.0. The molecule has 2 fully saturated rings. The third-order valence-electron chi connectivity index (χ3n) is 7.55. The summed E-state index contributed by atoms with van der Waals surface area (Å²) in [5.41, 5.74) is 1.48. The molecule has 2 amide bonds. The van der Waals surface area contributed by atoms with E-state index in [2.05, 4.69) is 9.80 Å². The molecule has 1 aliphatic carbocycles. The number of benzene rings is 1. The average molecular weight is 552 g/mol. The van der Waals surface area contributed by atoms with Gasteiger partial charge in [0.15, 0.2) is 0 Å². The zero-order valence-electron chi connectivity index (χ0n) is 21.8. The molecule has 1 aromatic carbocycles. The van der Waals surface area contributed by atoms with E-state index in [0.717, 1.165) is 37.9 Å². The summed E-state index contributed by atoms with van der Waals surface area (Å²) in [7, 11) is 3.97. The Morgan fingerprint density at radius 1 is 1.05 bits per heavy atom. The normalized spacial score (nSPS) is 22.4. The number of carbonyl (C=O) groups excluding carboxylic acids is 3. The highest BCUT2D eigenvalue weighted by Crippen LogP contribution is 2.41. The molecule has 2 heterocycles. The monoisotopic (exact) mass is 550 g/mol. The first-order chi connectivity index (χ1) is 17.7. The third kappa shape index (κ3) is 5.91. The molecule has 10 heteroatoms. The zero-order chi connectivity index (χ0) is 26.7.